The third-order valence-electron chi connectivity index (χ3n) is 6.01. The number of rotatable bonds is 8. The van der Waals surface area contributed by atoms with Crippen molar-refractivity contribution in [3.8, 4) is 23.0 Å². The number of para-hydroxylation sites is 2. The van der Waals surface area contributed by atoms with Gasteiger partial charge >= 0.3 is 0 Å². The Morgan fingerprint density at radius 3 is 2.24 bits per heavy atom. The molecule has 1 aliphatic rings. The van der Waals surface area contributed by atoms with Crippen LogP contribution in [-0.2, 0) is 9.59 Å². The maximum absolute atomic E-state index is 14.2. The standard InChI is InChI=1S/C28H26FNO7/c1-5-37-23-14-16(10-12-22(23)36-4)25-24(26(31)18-15-17(29)11-13-20(18)34-2)27(32)28(33)30(25)19-8-6-7-9-21(19)35-3/h6-15,25,31H,5H2,1-4H3/b26-24+. The summed E-state index contributed by atoms with van der Waals surface area (Å²) in [5.74, 6) is -1.76. The summed E-state index contributed by atoms with van der Waals surface area (Å²) < 4.78 is 36.0. The molecule has 4 rings (SSSR count). The van der Waals surface area contributed by atoms with Crippen LogP contribution in [0.5, 0.6) is 23.0 Å². The zero-order chi connectivity index (χ0) is 26.7. The van der Waals surface area contributed by atoms with E-state index >= 15 is 0 Å². The van der Waals surface area contributed by atoms with Gasteiger partial charge < -0.3 is 24.1 Å². The van der Waals surface area contributed by atoms with Crippen LogP contribution in [0.25, 0.3) is 5.76 Å². The minimum Gasteiger partial charge on any atom is -0.507 e. The van der Waals surface area contributed by atoms with E-state index in [0.717, 1.165) is 6.07 Å². The van der Waals surface area contributed by atoms with Crippen molar-refractivity contribution >= 4 is 23.1 Å². The zero-order valence-electron chi connectivity index (χ0n) is 20.8. The number of ketones is 1. The number of benzene rings is 3. The largest absolute Gasteiger partial charge is 0.507 e. The van der Waals surface area contributed by atoms with Gasteiger partial charge in [0.2, 0.25) is 0 Å². The Labute approximate surface area is 213 Å². The number of carbonyl (C=O) groups excluding carboxylic acids is 2. The highest BCUT2D eigenvalue weighted by atomic mass is 19.1. The number of aliphatic hydroxyl groups is 1. The molecule has 0 aliphatic carbocycles. The number of Topliss-reactive ketones (excluding diaryl/α,β-unsaturated/α-hetero) is 1. The van der Waals surface area contributed by atoms with Crippen molar-refractivity contribution in [2.45, 2.75) is 13.0 Å². The van der Waals surface area contributed by atoms with Crippen molar-refractivity contribution in [3.63, 3.8) is 0 Å². The molecule has 8 nitrogen and oxygen atoms in total. The number of aliphatic hydroxyl groups excluding tert-OH is 1. The SMILES string of the molecule is CCOc1cc(C2/C(=C(\O)c3cc(F)ccc3OC)C(=O)C(=O)N2c2ccccc2OC)ccc1OC. The highest BCUT2D eigenvalue weighted by Crippen LogP contribution is 2.47. The number of amides is 1. The van der Waals surface area contributed by atoms with Gasteiger partial charge in [0.05, 0.1) is 50.8 Å². The average molecular weight is 508 g/mol. The quantitative estimate of drug-likeness (QED) is 0.264. The second-order valence-electron chi connectivity index (χ2n) is 8.03. The van der Waals surface area contributed by atoms with Crippen LogP contribution in [0.15, 0.2) is 66.2 Å². The van der Waals surface area contributed by atoms with Crippen molar-refractivity contribution in [2.75, 3.05) is 32.8 Å². The van der Waals surface area contributed by atoms with Crippen LogP contribution in [0.2, 0.25) is 0 Å². The predicted octanol–water partition coefficient (Wildman–Crippen LogP) is 4.88. The molecule has 0 radical (unpaired) electrons. The normalized spacial score (nSPS) is 16.6. The number of nitrogens with zero attached hydrogens (tertiary/aromatic N) is 1. The number of carbonyl (C=O) groups is 2. The van der Waals surface area contributed by atoms with Crippen LogP contribution in [-0.4, -0.2) is 44.7 Å². The Kier molecular flexibility index (Phi) is 7.33. The van der Waals surface area contributed by atoms with Crippen molar-refractivity contribution in [1.82, 2.24) is 0 Å². The summed E-state index contributed by atoms with van der Waals surface area (Å²) in [4.78, 5) is 28.2. The van der Waals surface area contributed by atoms with Crippen LogP contribution in [0.3, 0.4) is 0 Å². The molecule has 3 aromatic rings. The first-order valence-corrected chi connectivity index (χ1v) is 11.4. The van der Waals surface area contributed by atoms with Gasteiger partial charge in [-0.2, -0.15) is 0 Å². The summed E-state index contributed by atoms with van der Waals surface area (Å²) in [5, 5.41) is 11.4. The van der Waals surface area contributed by atoms with Gasteiger partial charge in [-0.3, -0.25) is 14.5 Å². The van der Waals surface area contributed by atoms with Crippen LogP contribution in [0, 0.1) is 5.82 Å². The lowest BCUT2D eigenvalue weighted by atomic mass is 9.94. The molecule has 3 aromatic carbocycles. The van der Waals surface area contributed by atoms with E-state index in [4.69, 9.17) is 18.9 Å². The molecule has 1 atom stereocenters. The van der Waals surface area contributed by atoms with Crippen molar-refractivity contribution < 1.29 is 38.0 Å². The smallest absolute Gasteiger partial charge is 0.300 e. The monoisotopic (exact) mass is 507 g/mol. The van der Waals surface area contributed by atoms with Crippen LogP contribution >= 0.6 is 0 Å². The van der Waals surface area contributed by atoms with E-state index in [1.807, 2.05) is 6.92 Å². The number of hydrogen-bond acceptors (Lipinski definition) is 7. The Morgan fingerprint density at radius 2 is 1.57 bits per heavy atom. The molecular formula is C28H26FNO7. The van der Waals surface area contributed by atoms with E-state index in [2.05, 4.69) is 0 Å². The van der Waals surface area contributed by atoms with Crippen molar-refractivity contribution in [1.29, 1.82) is 0 Å². The lowest BCUT2D eigenvalue weighted by Crippen LogP contribution is -2.29. The lowest BCUT2D eigenvalue weighted by molar-refractivity contribution is -0.132. The first-order chi connectivity index (χ1) is 17.9. The second kappa shape index (κ2) is 10.6. The zero-order valence-corrected chi connectivity index (χ0v) is 20.8. The summed E-state index contributed by atoms with van der Waals surface area (Å²) in [7, 11) is 4.30. The number of halogens is 1. The first-order valence-electron chi connectivity index (χ1n) is 11.4. The summed E-state index contributed by atoms with van der Waals surface area (Å²) >= 11 is 0. The van der Waals surface area contributed by atoms with Gasteiger partial charge in [0.25, 0.3) is 11.7 Å². The van der Waals surface area contributed by atoms with Gasteiger partial charge in [0.15, 0.2) is 11.5 Å². The molecule has 0 spiro atoms. The molecule has 192 valence electrons. The van der Waals surface area contributed by atoms with E-state index in [0.29, 0.717) is 35.1 Å². The molecule has 1 saturated heterocycles. The summed E-state index contributed by atoms with van der Waals surface area (Å²) in [5.41, 5.74) is 0.457. The number of methoxy groups -OCH3 is 3. The molecule has 37 heavy (non-hydrogen) atoms. The molecule has 1 fully saturated rings. The van der Waals surface area contributed by atoms with Crippen molar-refractivity contribution in [3.05, 3.63) is 83.2 Å². The van der Waals surface area contributed by atoms with Gasteiger partial charge in [-0.05, 0) is 55.0 Å². The maximum atomic E-state index is 14.2. The third-order valence-corrected chi connectivity index (χ3v) is 6.01. The van der Waals surface area contributed by atoms with E-state index in [9.17, 15) is 19.1 Å². The molecule has 1 aliphatic heterocycles. The molecule has 1 unspecified atom stereocenters. The molecule has 0 aromatic heterocycles. The maximum Gasteiger partial charge on any atom is 0.300 e. The van der Waals surface area contributed by atoms with Gasteiger partial charge in [0.1, 0.15) is 23.1 Å². The fraction of sp³-hybridized carbons (Fsp3) is 0.214. The van der Waals surface area contributed by atoms with Crippen LogP contribution in [0.4, 0.5) is 10.1 Å². The molecular weight excluding hydrogens is 481 g/mol. The Morgan fingerprint density at radius 1 is 0.892 bits per heavy atom. The van der Waals surface area contributed by atoms with Gasteiger partial charge in [-0.15, -0.1) is 0 Å². The molecule has 1 heterocycles. The average Bonchev–Trinajstić information content (AvgIpc) is 3.18. The second-order valence-corrected chi connectivity index (χ2v) is 8.03. The predicted molar refractivity (Wildman–Crippen MR) is 135 cm³/mol. The molecule has 9 heteroatoms. The van der Waals surface area contributed by atoms with Crippen LogP contribution < -0.4 is 23.8 Å². The fourth-order valence-corrected chi connectivity index (χ4v) is 4.37. The van der Waals surface area contributed by atoms with E-state index < -0.39 is 29.3 Å². The molecule has 0 bridgehead atoms. The minimum atomic E-state index is -1.10. The number of anilines is 1. The van der Waals surface area contributed by atoms with Gasteiger partial charge in [-0.1, -0.05) is 18.2 Å². The first kappa shape index (κ1) is 25.6. The lowest BCUT2D eigenvalue weighted by Gasteiger charge is -2.27. The highest BCUT2D eigenvalue weighted by Gasteiger charge is 2.48. The number of hydrogen-bond donors (Lipinski definition) is 1. The van der Waals surface area contributed by atoms with Gasteiger partial charge in [-0.25, -0.2) is 4.39 Å². The van der Waals surface area contributed by atoms with E-state index in [1.165, 1.54) is 38.4 Å². The number of ether oxygens (including phenoxy) is 4. The summed E-state index contributed by atoms with van der Waals surface area (Å²) in [6.45, 7) is 2.15. The van der Waals surface area contributed by atoms with Crippen LogP contribution in [0.1, 0.15) is 24.1 Å². The molecule has 1 N–H and O–H groups in total. The van der Waals surface area contributed by atoms with E-state index in [1.54, 1.807) is 42.5 Å². The summed E-state index contributed by atoms with van der Waals surface area (Å²) in [6, 6.07) is 14.1. The Balaban J connectivity index is 2.03. The topological polar surface area (TPSA) is 94.5 Å². The van der Waals surface area contributed by atoms with Gasteiger partial charge in [0, 0.05) is 0 Å². The molecule has 1 amide bonds. The fourth-order valence-electron chi connectivity index (χ4n) is 4.37. The van der Waals surface area contributed by atoms with Crippen molar-refractivity contribution in [2.24, 2.45) is 0 Å². The minimum absolute atomic E-state index is 0.0657. The highest BCUT2D eigenvalue weighted by molar-refractivity contribution is 6.52. The summed E-state index contributed by atoms with van der Waals surface area (Å²) in [6.07, 6.45) is 0. The Hall–Kier alpha value is -4.53. The third kappa shape index (κ3) is 4.55. The Bertz CT molecular complexity index is 1380. The molecule has 0 saturated carbocycles. The van der Waals surface area contributed by atoms with E-state index in [-0.39, 0.29) is 16.9 Å².